The molecule has 13 heavy (non-hydrogen) atoms. The molecule has 0 saturated carbocycles. The van der Waals surface area contributed by atoms with E-state index < -0.39 is 0 Å². The Morgan fingerprint density at radius 2 is 1.92 bits per heavy atom. The molecule has 1 nitrogen and oxygen atoms in total. The Labute approximate surface area is 86.3 Å². The zero-order valence-electron chi connectivity index (χ0n) is 7.65. The SMILES string of the molecule is CN(C)c1ccsc1-c1cccs1. The van der Waals surface area contributed by atoms with Gasteiger partial charge in [0.05, 0.1) is 10.6 Å². The lowest BCUT2D eigenvalue weighted by molar-refractivity contribution is 1.14. The summed E-state index contributed by atoms with van der Waals surface area (Å²) in [6.07, 6.45) is 0. The zero-order chi connectivity index (χ0) is 9.26. The van der Waals surface area contributed by atoms with E-state index in [2.05, 4.69) is 48.0 Å². The van der Waals surface area contributed by atoms with Gasteiger partial charge in [-0.1, -0.05) is 6.07 Å². The van der Waals surface area contributed by atoms with Crippen molar-refractivity contribution in [1.82, 2.24) is 0 Å². The summed E-state index contributed by atoms with van der Waals surface area (Å²) in [7, 11) is 4.16. The van der Waals surface area contributed by atoms with Crippen molar-refractivity contribution in [3.05, 3.63) is 29.0 Å². The summed E-state index contributed by atoms with van der Waals surface area (Å²) in [4.78, 5) is 4.89. The number of hydrogen-bond donors (Lipinski definition) is 0. The van der Waals surface area contributed by atoms with Crippen LogP contribution in [0.25, 0.3) is 9.75 Å². The van der Waals surface area contributed by atoms with Crippen LogP contribution in [0.1, 0.15) is 0 Å². The first-order valence-electron chi connectivity index (χ1n) is 4.08. The number of hydrogen-bond acceptors (Lipinski definition) is 3. The molecule has 0 aromatic carbocycles. The van der Waals surface area contributed by atoms with E-state index >= 15 is 0 Å². The van der Waals surface area contributed by atoms with Gasteiger partial charge in [-0.2, -0.15) is 0 Å². The molecule has 2 aromatic rings. The smallest absolute Gasteiger partial charge is 0.0675 e. The Morgan fingerprint density at radius 3 is 2.54 bits per heavy atom. The second-order valence-corrected chi connectivity index (χ2v) is 4.87. The summed E-state index contributed by atoms with van der Waals surface area (Å²) in [5.74, 6) is 0. The summed E-state index contributed by atoms with van der Waals surface area (Å²) in [5.41, 5.74) is 1.31. The molecule has 68 valence electrons. The molecule has 0 aliphatic carbocycles. The normalized spacial score (nSPS) is 10.3. The number of anilines is 1. The molecule has 0 amide bonds. The average molecular weight is 209 g/mol. The zero-order valence-corrected chi connectivity index (χ0v) is 9.28. The van der Waals surface area contributed by atoms with Crippen LogP contribution >= 0.6 is 22.7 Å². The van der Waals surface area contributed by atoms with Gasteiger partial charge in [0.15, 0.2) is 0 Å². The fraction of sp³-hybridized carbons (Fsp3) is 0.200. The third kappa shape index (κ3) is 1.62. The summed E-state index contributed by atoms with van der Waals surface area (Å²) in [5, 5.41) is 4.26. The molecule has 0 fully saturated rings. The molecular weight excluding hydrogens is 198 g/mol. The highest BCUT2D eigenvalue weighted by atomic mass is 32.1. The standard InChI is InChI=1S/C10H11NS2/c1-11(2)8-5-7-13-10(8)9-4-3-6-12-9/h3-7H,1-2H3. The highest BCUT2D eigenvalue weighted by Crippen LogP contribution is 2.37. The Morgan fingerprint density at radius 1 is 1.08 bits per heavy atom. The first-order valence-corrected chi connectivity index (χ1v) is 5.83. The number of rotatable bonds is 2. The summed E-state index contributed by atoms with van der Waals surface area (Å²) >= 11 is 3.60. The molecule has 2 aromatic heterocycles. The fourth-order valence-corrected chi connectivity index (χ4v) is 3.10. The molecule has 0 saturated heterocycles. The van der Waals surface area contributed by atoms with Gasteiger partial charge in [-0.3, -0.25) is 0 Å². The first kappa shape index (κ1) is 8.78. The van der Waals surface area contributed by atoms with Crippen LogP contribution in [0, 0.1) is 0 Å². The van der Waals surface area contributed by atoms with Crippen molar-refractivity contribution in [3.63, 3.8) is 0 Å². The van der Waals surface area contributed by atoms with Crippen LogP contribution in [0.3, 0.4) is 0 Å². The van der Waals surface area contributed by atoms with Crippen LogP contribution in [0.4, 0.5) is 5.69 Å². The van der Waals surface area contributed by atoms with Crippen molar-refractivity contribution >= 4 is 28.4 Å². The number of thiophene rings is 2. The molecule has 0 aliphatic rings. The third-order valence-corrected chi connectivity index (χ3v) is 3.82. The van der Waals surface area contributed by atoms with Crippen LogP contribution in [0.15, 0.2) is 29.0 Å². The average Bonchev–Trinajstić information content (AvgIpc) is 2.74. The lowest BCUT2D eigenvalue weighted by Gasteiger charge is -2.11. The Balaban J connectivity index is 2.46. The highest BCUT2D eigenvalue weighted by molar-refractivity contribution is 7.20. The summed E-state index contributed by atoms with van der Waals surface area (Å²) in [6, 6.07) is 6.43. The van der Waals surface area contributed by atoms with Crippen LogP contribution < -0.4 is 4.90 Å². The second kappa shape index (κ2) is 3.52. The Bertz CT molecular complexity index is 373. The first-order chi connectivity index (χ1) is 6.29. The van der Waals surface area contributed by atoms with Crippen molar-refractivity contribution in [2.24, 2.45) is 0 Å². The number of nitrogens with zero attached hydrogens (tertiary/aromatic N) is 1. The Kier molecular flexibility index (Phi) is 2.38. The van der Waals surface area contributed by atoms with Gasteiger partial charge in [0.25, 0.3) is 0 Å². The summed E-state index contributed by atoms with van der Waals surface area (Å²) in [6.45, 7) is 0. The van der Waals surface area contributed by atoms with E-state index in [0.29, 0.717) is 0 Å². The van der Waals surface area contributed by atoms with Crippen LogP contribution in [0.2, 0.25) is 0 Å². The molecule has 2 rings (SSSR count). The molecule has 0 radical (unpaired) electrons. The van der Waals surface area contributed by atoms with Crippen molar-refractivity contribution in [1.29, 1.82) is 0 Å². The quantitative estimate of drug-likeness (QED) is 0.731. The van der Waals surface area contributed by atoms with E-state index in [1.165, 1.54) is 15.4 Å². The second-order valence-electron chi connectivity index (χ2n) is 3.01. The molecule has 0 aliphatic heterocycles. The van der Waals surface area contributed by atoms with Crippen LogP contribution in [-0.2, 0) is 0 Å². The molecule has 0 atom stereocenters. The molecule has 0 bridgehead atoms. The van der Waals surface area contributed by atoms with Crippen molar-refractivity contribution in [2.45, 2.75) is 0 Å². The van der Waals surface area contributed by atoms with Crippen LogP contribution in [-0.4, -0.2) is 14.1 Å². The van der Waals surface area contributed by atoms with Gasteiger partial charge in [-0.25, -0.2) is 0 Å². The van der Waals surface area contributed by atoms with Gasteiger partial charge in [0, 0.05) is 19.0 Å². The monoisotopic (exact) mass is 209 g/mol. The lowest BCUT2D eigenvalue weighted by Crippen LogP contribution is -2.07. The maximum Gasteiger partial charge on any atom is 0.0675 e. The maximum atomic E-state index is 2.17. The van der Waals surface area contributed by atoms with Gasteiger partial charge < -0.3 is 4.90 Å². The minimum atomic E-state index is 1.31. The van der Waals surface area contributed by atoms with E-state index in [-0.39, 0.29) is 0 Å². The van der Waals surface area contributed by atoms with Crippen molar-refractivity contribution < 1.29 is 0 Å². The van der Waals surface area contributed by atoms with Crippen molar-refractivity contribution in [2.75, 3.05) is 19.0 Å². The van der Waals surface area contributed by atoms with Gasteiger partial charge in [0.2, 0.25) is 0 Å². The predicted octanol–water partition coefficient (Wildman–Crippen LogP) is 3.54. The predicted molar refractivity (Wildman–Crippen MR) is 62.0 cm³/mol. The van der Waals surface area contributed by atoms with Crippen LogP contribution in [0.5, 0.6) is 0 Å². The van der Waals surface area contributed by atoms with E-state index in [9.17, 15) is 0 Å². The summed E-state index contributed by atoms with van der Waals surface area (Å²) < 4.78 is 0. The van der Waals surface area contributed by atoms with E-state index in [1.54, 1.807) is 22.7 Å². The molecule has 0 N–H and O–H groups in total. The highest BCUT2D eigenvalue weighted by Gasteiger charge is 2.08. The minimum absolute atomic E-state index is 1.31. The molecule has 2 heterocycles. The third-order valence-electron chi connectivity index (χ3n) is 1.87. The van der Waals surface area contributed by atoms with Gasteiger partial charge in [-0.15, -0.1) is 22.7 Å². The molecule has 3 heteroatoms. The lowest BCUT2D eigenvalue weighted by atomic mass is 10.3. The maximum absolute atomic E-state index is 2.17. The molecule has 0 unspecified atom stereocenters. The Hall–Kier alpha value is -0.800. The topological polar surface area (TPSA) is 3.24 Å². The van der Waals surface area contributed by atoms with Gasteiger partial charge in [-0.05, 0) is 22.9 Å². The van der Waals surface area contributed by atoms with E-state index in [4.69, 9.17) is 0 Å². The minimum Gasteiger partial charge on any atom is -0.376 e. The van der Waals surface area contributed by atoms with Crippen molar-refractivity contribution in [3.8, 4) is 9.75 Å². The molecule has 0 spiro atoms. The fourth-order valence-electron chi connectivity index (χ4n) is 1.25. The van der Waals surface area contributed by atoms with Gasteiger partial charge in [0.1, 0.15) is 0 Å². The largest absolute Gasteiger partial charge is 0.376 e. The van der Waals surface area contributed by atoms with E-state index in [1.807, 2.05) is 0 Å². The van der Waals surface area contributed by atoms with E-state index in [0.717, 1.165) is 0 Å². The molecular formula is C10H11NS2. The van der Waals surface area contributed by atoms with Gasteiger partial charge >= 0.3 is 0 Å².